The van der Waals surface area contributed by atoms with Gasteiger partial charge in [0.2, 0.25) is 0 Å². The Morgan fingerprint density at radius 3 is 2.67 bits per heavy atom. The summed E-state index contributed by atoms with van der Waals surface area (Å²) >= 11 is 0. The van der Waals surface area contributed by atoms with Crippen LogP contribution in [-0.2, 0) is 14.3 Å². The fraction of sp³-hybridized carbons (Fsp3) is 0.778. The zero-order valence-electron chi connectivity index (χ0n) is 7.08. The molecule has 0 aromatic rings. The first-order chi connectivity index (χ1) is 5.74. The molecule has 3 saturated carbocycles. The molecule has 1 unspecified atom stereocenters. The summed E-state index contributed by atoms with van der Waals surface area (Å²) in [5.41, 5.74) is 0. The van der Waals surface area contributed by atoms with Gasteiger partial charge in [0.25, 0.3) is 0 Å². The average molecular weight is 168 g/mol. The van der Waals surface area contributed by atoms with Crippen molar-refractivity contribution in [1.82, 2.24) is 0 Å². The Labute approximate surface area is 71.1 Å². The van der Waals surface area contributed by atoms with Crippen LogP contribution in [0.3, 0.4) is 0 Å². The topological polar surface area (TPSA) is 43.4 Å². The van der Waals surface area contributed by atoms with Gasteiger partial charge in [-0.1, -0.05) is 0 Å². The quantitative estimate of drug-likeness (QED) is 0.452. The summed E-state index contributed by atoms with van der Waals surface area (Å²) in [6.45, 7) is 2.14. The van der Waals surface area contributed by atoms with Crippen LogP contribution in [0.15, 0.2) is 0 Å². The van der Waals surface area contributed by atoms with Crippen LogP contribution in [0.1, 0.15) is 19.8 Å². The van der Waals surface area contributed by atoms with Gasteiger partial charge in [0, 0.05) is 5.92 Å². The lowest BCUT2D eigenvalue weighted by molar-refractivity contribution is -0.151. The van der Waals surface area contributed by atoms with Gasteiger partial charge in [-0.3, -0.25) is 9.59 Å². The zero-order chi connectivity index (χ0) is 8.72. The van der Waals surface area contributed by atoms with Gasteiger partial charge in [0.15, 0.2) is 0 Å². The first-order valence-electron chi connectivity index (χ1n) is 4.44. The molecule has 0 heterocycles. The summed E-state index contributed by atoms with van der Waals surface area (Å²) in [7, 11) is 0. The number of rotatable bonds is 2. The third-order valence-electron chi connectivity index (χ3n) is 2.90. The lowest BCUT2D eigenvalue weighted by atomic mass is 9.82. The molecule has 0 spiro atoms. The smallest absolute Gasteiger partial charge is 0.316 e. The monoisotopic (exact) mass is 168 g/mol. The second-order valence-corrected chi connectivity index (χ2v) is 3.56. The van der Waals surface area contributed by atoms with E-state index in [1.165, 1.54) is 0 Å². The van der Waals surface area contributed by atoms with Crippen molar-refractivity contribution < 1.29 is 14.3 Å². The van der Waals surface area contributed by atoms with Gasteiger partial charge in [0.05, 0.1) is 6.61 Å². The van der Waals surface area contributed by atoms with E-state index in [2.05, 4.69) is 0 Å². The number of hydrogen-bond donors (Lipinski definition) is 0. The van der Waals surface area contributed by atoms with Crippen LogP contribution in [0.25, 0.3) is 0 Å². The van der Waals surface area contributed by atoms with Crippen LogP contribution >= 0.6 is 0 Å². The molecule has 1 atom stereocenters. The molecule has 3 aliphatic rings. The van der Waals surface area contributed by atoms with E-state index in [0.29, 0.717) is 12.5 Å². The molecule has 0 N–H and O–H groups in total. The van der Waals surface area contributed by atoms with Crippen LogP contribution < -0.4 is 0 Å². The van der Waals surface area contributed by atoms with E-state index in [0.717, 1.165) is 12.8 Å². The molecule has 2 bridgehead atoms. The normalized spacial score (nSPS) is 37.8. The molecule has 3 rings (SSSR count). The van der Waals surface area contributed by atoms with Gasteiger partial charge in [0.1, 0.15) is 11.7 Å². The molecule has 3 nitrogen and oxygen atoms in total. The van der Waals surface area contributed by atoms with Gasteiger partial charge >= 0.3 is 5.97 Å². The minimum absolute atomic E-state index is 0.124. The number of hydrogen-bond acceptors (Lipinski definition) is 3. The molecule has 3 heteroatoms. The van der Waals surface area contributed by atoms with Crippen LogP contribution in [0, 0.1) is 17.8 Å². The van der Waals surface area contributed by atoms with Crippen molar-refractivity contribution in [3.8, 4) is 0 Å². The molecule has 3 aliphatic carbocycles. The highest BCUT2D eigenvalue weighted by molar-refractivity contribution is 6.04. The Kier molecular flexibility index (Phi) is 1.67. The van der Waals surface area contributed by atoms with Crippen LogP contribution in [0.4, 0.5) is 0 Å². The standard InChI is InChI=1S/C9H12O3/c1-2-12-9(11)7-5-3-6(4-5)8(7)10/h5-7H,2-4H2,1H3. The zero-order valence-corrected chi connectivity index (χ0v) is 7.08. The molecule has 0 amide bonds. The lowest BCUT2D eigenvalue weighted by Crippen LogP contribution is -2.23. The number of ether oxygens (including phenoxy) is 1. The van der Waals surface area contributed by atoms with Crippen molar-refractivity contribution in [2.45, 2.75) is 19.8 Å². The highest BCUT2D eigenvalue weighted by Gasteiger charge is 2.55. The molecule has 0 saturated heterocycles. The van der Waals surface area contributed by atoms with E-state index < -0.39 is 5.92 Å². The lowest BCUT2D eigenvalue weighted by Gasteiger charge is -2.21. The van der Waals surface area contributed by atoms with Gasteiger partial charge in [-0.15, -0.1) is 0 Å². The van der Waals surface area contributed by atoms with E-state index in [1.807, 2.05) is 0 Å². The van der Waals surface area contributed by atoms with E-state index in [1.54, 1.807) is 6.92 Å². The number of Topliss-reactive ketones (excluding diaryl/α,β-unsaturated/α-hetero) is 1. The number of ketones is 1. The highest BCUT2D eigenvalue weighted by atomic mass is 16.5. The van der Waals surface area contributed by atoms with Crippen molar-refractivity contribution >= 4 is 11.8 Å². The fourth-order valence-corrected chi connectivity index (χ4v) is 2.19. The Balaban J connectivity index is 2.04. The molecular formula is C9H12O3. The van der Waals surface area contributed by atoms with Crippen LogP contribution in [-0.4, -0.2) is 18.4 Å². The number of carbonyl (C=O) groups is 2. The maximum Gasteiger partial charge on any atom is 0.316 e. The minimum Gasteiger partial charge on any atom is -0.465 e. The first kappa shape index (κ1) is 7.77. The van der Waals surface area contributed by atoms with Gasteiger partial charge in [-0.25, -0.2) is 0 Å². The predicted octanol–water partition coefficient (Wildman–Crippen LogP) is 0.775. The minimum atomic E-state index is -0.407. The summed E-state index contributed by atoms with van der Waals surface area (Å²) in [5, 5.41) is 0. The molecular weight excluding hydrogens is 156 g/mol. The van der Waals surface area contributed by atoms with Gasteiger partial charge < -0.3 is 4.74 Å². The summed E-state index contributed by atoms with van der Waals surface area (Å²) in [6, 6.07) is 0. The molecule has 0 aromatic heterocycles. The molecule has 3 fully saturated rings. The second-order valence-electron chi connectivity index (χ2n) is 3.56. The summed E-state index contributed by atoms with van der Waals surface area (Å²) in [4.78, 5) is 22.6. The maximum atomic E-state index is 11.4. The fourth-order valence-electron chi connectivity index (χ4n) is 2.19. The second kappa shape index (κ2) is 2.57. The number of carbonyl (C=O) groups excluding carboxylic acids is 2. The van der Waals surface area contributed by atoms with Crippen LogP contribution in [0.2, 0.25) is 0 Å². The number of fused-ring (bicyclic) bond motifs is 1. The van der Waals surface area contributed by atoms with E-state index >= 15 is 0 Å². The summed E-state index contributed by atoms with van der Waals surface area (Å²) in [6.07, 6.45) is 1.84. The third kappa shape index (κ3) is 0.886. The largest absolute Gasteiger partial charge is 0.465 e. The highest BCUT2D eigenvalue weighted by Crippen LogP contribution is 2.50. The van der Waals surface area contributed by atoms with E-state index in [-0.39, 0.29) is 17.7 Å². The van der Waals surface area contributed by atoms with Gasteiger partial charge in [-0.2, -0.15) is 0 Å². The van der Waals surface area contributed by atoms with E-state index in [9.17, 15) is 9.59 Å². The van der Waals surface area contributed by atoms with Crippen LogP contribution in [0.5, 0.6) is 0 Å². The molecule has 0 radical (unpaired) electrons. The van der Waals surface area contributed by atoms with E-state index in [4.69, 9.17) is 4.74 Å². The molecule has 12 heavy (non-hydrogen) atoms. The van der Waals surface area contributed by atoms with Crippen molar-refractivity contribution in [3.63, 3.8) is 0 Å². The van der Waals surface area contributed by atoms with Crippen molar-refractivity contribution in [3.05, 3.63) is 0 Å². The first-order valence-corrected chi connectivity index (χ1v) is 4.44. The average Bonchev–Trinajstić information content (AvgIpc) is 2.38. The predicted molar refractivity (Wildman–Crippen MR) is 41.3 cm³/mol. The third-order valence-corrected chi connectivity index (χ3v) is 2.90. The SMILES string of the molecule is CCOC(=O)C1C(=O)C2CC1C2. The van der Waals surface area contributed by atoms with Crippen molar-refractivity contribution in [2.75, 3.05) is 6.61 Å². The van der Waals surface area contributed by atoms with Crippen molar-refractivity contribution in [2.24, 2.45) is 17.8 Å². The maximum absolute atomic E-state index is 11.4. The summed E-state index contributed by atoms with van der Waals surface area (Å²) in [5.74, 6) is -0.0909. The van der Waals surface area contributed by atoms with Crippen molar-refractivity contribution in [1.29, 1.82) is 0 Å². The Morgan fingerprint density at radius 2 is 2.25 bits per heavy atom. The molecule has 0 aromatic carbocycles. The Morgan fingerprint density at radius 1 is 1.58 bits per heavy atom. The molecule has 0 aliphatic heterocycles. The number of esters is 1. The summed E-state index contributed by atoms with van der Waals surface area (Å²) < 4.78 is 4.83. The molecule has 66 valence electrons. The Hall–Kier alpha value is -0.860. The Bertz CT molecular complexity index is 228. The van der Waals surface area contributed by atoms with Gasteiger partial charge in [-0.05, 0) is 25.7 Å².